The van der Waals surface area contributed by atoms with Crippen LogP contribution in [0.25, 0.3) is 10.6 Å². The van der Waals surface area contributed by atoms with Crippen molar-refractivity contribution < 1.29 is 4.79 Å². The van der Waals surface area contributed by atoms with Crippen LogP contribution >= 0.6 is 23.1 Å². The second-order valence-corrected chi connectivity index (χ2v) is 7.96. The van der Waals surface area contributed by atoms with Gasteiger partial charge < -0.3 is 5.32 Å². The van der Waals surface area contributed by atoms with Crippen LogP contribution in [0.4, 0.5) is 0 Å². The third-order valence-corrected chi connectivity index (χ3v) is 6.97. The van der Waals surface area contributed by atoms with Crippen LogP contribution in [-0.2, 0) is 6.42 Å². The lowest BCUT2D eigenvalue weighted by Crippen LogP contribution is -2.51. The maximum absolute atomic E-state index is 12.7. The van der Waals surface area contributed by atoms with E-state index in [1.165, 1.54) is 23.3 Å². The summed E-state index contributed by atoms with van der Waals surface area (Å²) in [6.07, 6.45) is 9.41. The summed E-state index contributed by atoms with van der Waals surface area (Å²) in [7, 11) is 0. The van der Waals surface area contributed by atoms with Crippen LogP contribution in [0.2, 0.25) is 0 Å². The van der Waals surface area contributed by atoms with Gasteiger partial charge in [0.15, 0.2) is 0 Å². The number of carbonyl (C=O) groups is 1. The number of rotatable bonds is 2. The van der Waals surface area contributed by atoms with Gasteiger partial charge in [-0.05, 0) is 37.1 Å². The lowest BCUT2D eigenvalue weighted by atomic mass is 9.83. The van der Waals surface area contributed by atoms with Crippen molar-refractivity contribution in [2.45, 2.75) is 41.9 Å². The summed E-state index contributed by atoms with van der Waals surface area (Å²) < 4.78 is 1.11. The predicted octanol–water partition coefficient (Wildman–Crippen LogP) is 3.46. The van der Waals surface area contributed by atoms with Gasteiger partial charge in [-0.2, -0.15) is 5.10 Å². The Kier molecular flexibility index (Phi) is 3.11. The monoisotopic (exact) mass is 319 g/mol. The number of H-pyrrole nitrogens is 1. The van der Waals surface area contributed by atoms with Crippen LogP contribution in [0.3, 0.4) is 0 Å². The normalized spacial score (nSPS) is 19.8. The van der Waals surface area contributed by atoms with Crippen LogP contribution in [0.1, 0.15) is 41.6 Å². The van der Waals surface area contributed by atoms with E-state index < -0.39 is 0 Å². The number of aromatic amines is 1. The molecular formula is C15H17N3OS2. The summed E-state index contributed by atoms with van der Waals surface area (Å²) in [6.45, 7) is 0. The minimum Gasteiger partial charge on any atom is -0.346 e. The van der Waals surface area contributed by atoms with Crippen molar-refractivity contribution in [1.29, 1.82) is 0 Å². The zero-order chi connectivity index (χ0) is 14.4. The molecule has 1 aliphatic heterocycles. The molecule has 2 N–H and O–H groups in total. The fraction of sp³-hybridized carbons (Fsp3) is 0.467. The number of hydrogen-bond donors (Lipinski definition) is 2. The number of amides is 1. The highest BCUT2D eigenvalue weighted by molar-refractivity contribution is 8.00. The summed E-state index contributed by atoms with van der Waals surface area (Å²) in [5.74, 6) is 0.115. The average Bonchev–Trinajstić information content (AvgIpc) is 3.18. The number of thioether (sulfide) groups is 1. The molecule has 2 aromatic rings. The van der Waals surface area contributed by atoms with Crippen LogP contribution in [-0.4, -0.2) is 27.9 Å². The third kappa shape index (κ3) is 2.04. The van der Waals surface area contributed by atoms with Crippen molar-refractivity contribution in [1.82, 2.24) is 15.5 Å². The van der Waals surface area contributed by atoms with E-state index in [2.05, 4.69) is 15.5 Å². The van der Waals surface area contributed by atoms with Crippen LogP contribution in [0, 0.1) is 0 Å². The Morgan fingerprint density at radius 2 is 2.19 bits per heavy atom. The van der Waals surface area contributed by atoms with Crippen molar-refractivity contribution in [3.05, 3.63) is 23.4 Å². The zero-order valence-electron chi connectivity index (χ0n) is 11.9. The van der Waals surface area contributed by atoms with E-state index in [0.29, 0.717) is 0 Å². The highest BCUT2D eigenvalue weighted by Crippen LogP contribution is 2.46. The number of nitrogens with one attached hydrogen (secondary N) is 2. The molecule has 1 aliphatic carbocycles. The lowest BCUT2D eigenvalue weighted by Gasteiger charge is -2.35. The van der Waals surface area contributed by atoms with E-state index in [1.807, 2.05) is 12.3 Å². The molecule has 3 heterocycles. The molecule has 21 heavy (non-hydrogen) atoms. The van der Waals surface area contributed by atoms with E-state index in [9.17, 15) is 4.79 Å². The molecule has 6 heteroatoms. The number of aromatic nitrogens is 2. The van der Waals surface area contributed by atoms with Crippen LogP contribution in [0.5, 0.6) is 0 Å². The minimum absolute atomic E-state index is 0.00436. The second kappa shape index (κ2) is 4.88. The van der Waals surface area contributed by atoms with Gasteiger partial charge in [-0.15, -0.1) is 23.1 Å². The number of hydrogen-bond acceptors (Lipinski definition) is 4. The molecule has 0 radical (unpaired) electrons. The lowest BCUT2D eigenvalue weighted by molar-refractivity contribution is 0.0879. The van der Waals surface area contributed by atoms with Gasteiger partial charge in [0, 0.05) is 11.7 Å². The van der Waals surface area contributed by atoms with Crippen molar-refractivity contribution in [3.8, 4) is 10.6 Å². The molecule has 4 rings (SSSR count). The summed E-state index contributed by atoms with van der Waals surface area (Å²) in [5.41, 5.74) is 3.14. The minimum atomic E-state index is -0.00436. The largest absolute Gasteiger partial charge is 0.346 e. The molecule has 1 spiro atoms. The highest BCUT2D eigenvalue weighted by atomic mass is 32.2. The van der Waals surface area contributed by atoms with E-state index in [1.54, 1.807) is 29.3 Å². The van der Waals surface area contributed by atoms with E-state index in [4.69, 9.17) is 0 Å². The summed E-state index contributed by atoms with van der Waals surface area (Å²) in [4.78, 5) is 13.9. The first-order valence-electron chi connectivity index (χ1n) is 7.24. The summed E-state index contributed by atoms with van der Waals surface area (Å²) in [6, 6.07) is 1.99. The SMILES string of the molecule is CSc1sc(-c2ccn[nH]2)c2c1C(=O)NC1(CCCC1)C2. The molecule has 0 unspecified atom stereocenters. The highest BCUT2D eigenvalue weighted by Gasteiger charge is 2.43. The first-order valence-corrected chi connectivity index (χ1v) is 9.28. The van der Waals surface area contributed by atoms with Crippen molar-refractivity contribution in [2.24, 2.45) is 0 Å². The Morgan fingerprint density at radius 1 is 1.38 bits per heavy atom. The first-order chi connectivity index (χ1) is 10.2. The van der Waals surface area contributed by atoms with Crippen LogP contribution < -0.4 is 5.32 Å². The van der Waals surface area contributed by atoms with Crippen LogP contribution in [0.15, 0.2) is 16.5 Å². The van der Waals surface area contributed by atoms with Gasteiger partial charge in [-0.3, -0.25) is 9.89 Å². The quantitative estimate of drug-likeness (QED) is 0.834. The number of thiophene rings is 1. The zero-order valence-corrected chi connectivity index (χ0v) is 13.5. The Balaban J connectivity index is 1.87. The van der Waals surface area contributed by atoms with Gasteiger partial charge in [0.25, 0.3) is 5.91 Å². The Hall–Kier alpha value is -1.27. The van der Waals surface area contributed by atoms with Gasteiger partial charge >= 0.3 is 0 Å². The molecule has 0 saturated heterocycles. The fourth-order valence-corrected chi connectivity index (χ4v) is 5.65. The van der Waals surface area contributed by atoms with Gasteiger partial charge in [0.05, 0.1) is 20.3 Å². The summed E-state index contributed by atoms with van der Waals surface area (Å²) >= 11 is 3.37. The van der Waals surface area contributed by atoms with E-state index >= 15 is 0 Å². The maximum atomic E-state index is 12.7. The second-order valence-electron chi connectivity index (χ2n) is 5.86. The molecule has 0 atom stereocenters. The van der Waals surface area contributed by atoms with Crippen molar-refractivity contribution >= 4 is 29.0 Å². The Morgan fingerprint density at radius 3 is 2.86 bits per heavy atom. The molecular weight excluding hydrogens is 302 g/mol. The topological polar surface area (TPSA) is 57.8 Å². The first kappa shape index (κ1) is 13.4. The fourth-order valence-electron chi connectivity index (χ4n) is 3.62. The van der Waals surface area contributed by atoms with E-state index in [0.717, 1.165) is 34.7 Å². The van der Waals surface area contributed by atoms with E-state index in [-0.39, 0.29) is 11.4 Å². The number of nitrogens with zero attached hydrogens (tertiary/aromatic N) is 1. The Labute approximate surface area is 131 Å². The smallest absolute Gasteiger partial charge is 0.254 e. The molecule has 110 valence electrons. The molecule has 0 aromatic carbocycles. The van der Waals surface area contributed by atoms with Gasteiger partial charge in [0.1, 0.15) is 0 Å². The average molecular weight is 319 g/mol. The number of fused-ring (bicyclic) bond motifs is 1. The molecule has 2 aromatic heterocycles. The Bertz CT molecular complexity index is 684. The van der Waals surface area contributed by atoms with Gasteiger partial charge in [-0.25, -0.2) is 0 Å². The molecule has 4 nitrogen and oxygen atoms in total. The maximum Gasteiger partial charge on any atom is 0.254 e. The molecule has 2 aliphatic rings. The summed E-state index contributed by atoms with van der Waals surface area (Å²) in [5, 5.41) is 10.4. The van der Waals surface area contributed by atoms with Crippen molar-refractivity contribution in [2.75, 3.05) is 6.26 Å². The molecule has 0 bridgehead atoms. The molecule has 1 fully saturated rings. The van der Waals surface area contributed by atoms with Gasteiger partial charge in [0.2, 0.25) is 0 Å². The van der Waals surface area contributed by atoms with Gasteiger partial charge in [-0.1, -0.05) is 12.8 Å². The molecule has 1 amide bonds. The number of carbonyl (C=O) groups excluding carboxylic acids is 1. The standard InChI is InChI=1S/C15H17N3OS2/c1-20-14-11-9(12(21-14)10-4-7-16-18-10)8-15(17-13(11)19)5-2-3-6-15/h4,7H,2-3,5-6,8H2,1H3,(H,16,18)(H,17,19). The third-order valence-electron chi connectivity index (χ3n) is 4.59. The predicted molar refractivity (Wildman–Crippen MR) is 86.1 cm³/mol. The van der Waals surface area contributed by atoms with Crippen molar-refractivity contribution in [3.63, 3.8) is 0 Å². The molecule has 1 saturated carbocycles.